The molecule has 0 saturated carbocycles. The number of ether oxygens (including phenoxy) is 1. The number of benzene rings is 1. The predicted molar refractivity (Wildman–Crippen MR) is 103 cm³/mol. The highest BCUT2D eigenvalue weighted by molar-refractivity contribution is 7.88. The predicted octanol–water partition coefficient (Wildman–Crippen LogP) is 1.01. The van der Waals surface area contributed by atoms with Crippen molar-refractivity contribution in [1.29, 1.82) is 0 Å². The van der Waals surface area contributed by atoms with Crippen molar-refractivity contribution in [3.8, 4) is 0 Å². The molecule has 7 nitrogen and oxygen atoms in total. The maximum atomic E-state index is 12.6. The van der Waals surface area contributed by atoms with E-state index < -0.39 is 10.0 Å². The Morgan fingerprint density at radius 3 is 2.50 bits per heavy atom. The van der Waals surface area contributed by atoms with Gasteiger partial charge >= 0.3 is 0 Å². The van der Waals surface area contributed by atoms with Crippen LogP contribution in [0.1, 0.15) is 30.9 Å². The number of nitrogens with zero attached hydrogens (tertiary/aromatic N) is 1. The molecule has 26 heavy (non-hydrogen) atoms. The molecule has 0 aliphatic carbocycles. The number of carbonyl (C=O) groups excluding carboxylic acids is 1. The van der Waals surface area contributed by atoms with Crippen molar-refractivity contribution in [2.75, 3.05) is 26.3 Å². The smallest absolute Gasteiger partial charge is 0.220 e. The molecular formula is C17H28ClN3O4S. The number of hydrogen-bond acceptors (Lipinski definition) is 5. The lowest BCUT2D eigenvalue weighted by Crippen LogP contribution is -2.41. The summed E-state index contributed by atoms with van der Waals surface area (Å²) in [7, 11) is -3.39. The van der Waals surface area contributed by atoms with E-state index in [1.165, 1.54) is 4.31 Å². The molecule has 1 fully saturated rings. The van der Waals surface area contributed by atoms with Gasteiger partial charge in [0.1, 0.15) is 0 Å². The van der Waals surface area contributed by atoms with E-state index >= 15 is 0 Å². The number of nitrogens with one attached hydrogen (secondary N) is 1. The van der Waals surface area contributed by atoms with Crippen LogP contribution in [0.5, 0.6) is 0 Å². The number of carbonyl (C=O) groups is 1. The van der Waals surface area contributed by atoms with Crippen LogP contribution in [0.15, 0.2) is 24.3 Å². The van der Waals surface area contributed by atoms with Crippen molar-refractivity contribution in [2.24, 2.45) is 5.73 Å². The van der Waals surface area contributed by atoms with Gasteiger partial charge in [-0.05, 0) is 24.5 Å². The monoisotopic (exact) mass is 405 g/mol. The first-order chi connectivity index (χ1) is 11.9. The lowest BCUT2D eigenvalue weighted by Gasteiger charge is -2.26. The highest BCUT2D eigenvalue weighted by Crippen LogP contribution is 2.16. The van der Waals surface area contributed by atoms with Crippen LogP contribution in [0.2, 0.25) is 0 Å². The third-order valence-corrected chi connectivity index (χ3v) is 5.95. The molecule has 3 N–H and O–H groups in total. The van der Waals surface area contributed by atoms with Crippen LogP contribution in [0.25, 0.3) is 0 Å². The number of hydrogen-bond donors (Lipinski definition) is 2. The van der Waals surface area contributed by atoms with Gasteiger partial charge in [0.25, 0.3) is 0 Å². The van der Waals surface area contributed by atoms with Gasteiger partial charge in [-0.3, -0.25) is 4.79 Å². The number of halogens is 1. The maximum absolute atomic E-state index is 12.6. The molecule has 0 aromatic heterocycles. The fraction of sp³-hybridized carbons (Fsp3) is 0.588. The maximum Gasteiger partial charge on any atom is 0.220 e. The van der Waals surface area contributed by atoms with E-state index in [1.54, 1.807) is 6.07 Å². The summed E-state index contributed by atoms with van der Waals surface area (Å²) in [6.07, 6.45) is 0.991. The van der Waals surface area contributed by atoms with Crippen LogP contribution in [0.3, 0.4) is 0 Å². The van der Waals surface area contributed by atoms with Crippen LogP contribution in [0, 0.1) is 0 Å². The highest BCUT2D eigenvalue weighted by atomic mass is 35.5. The molecule has 9 heteroatoms. The van der Waals surface area contributed by atoms with Gasteiger partial charge in [0.2, 0.25) is 15.9 Å². The molecule has 0 radical (unpaired) electrons. The fourth-order valence-electron chi connectivity index (χ4n) is 2.62. The molecule has 1 saturated heterocycles. The number of amides is 1. The van der Waals surface area contributed by atoms with E-state index in [-0.39, 0.29) is 30.1 Å². The average molecular weight is 406 g/mol. The van der Waals surface area contributed by atoms with Crippen molar-refractivity contribution < 1.29 is 17.9 Å². The van der Waals surface area contributed by atoms with Gasteiger partial charge in [-0.1, -0.05) is 24.3 Å². The Balaban J connectivity index is 0.00000338. The van der Waals surface area contributed by atoms with Crippen molar-refractivity contribution in [2.45, 2.75) is 38.1 Å². The van der Waals surface area contributed by atoms with E-state index in [9.17, 15) is 13.2 Å². The minimum atomic E-state index is -3.39. The van der Waals surface area contributed by atoms with Crippen molar-refractivity contribution in [1.82, 2.24) is 9.62 Å². The first kappa shape index (κ1) is 22.9. The summed E-state index contributed by atoms with van der Waals surface area (Å²) in [4.78, 5) is 11.9. The summed E-state index contributed by atoms with van der Waals surface area (Å²) >= 11 is 0. The third-order valence-electron chi connectivity index (χ3n) is 4.12. The zero-order chi connectivity index (χ0) is 18.3. The summed E-state index contributed by atoms with van der Waals surface area (Å²) in [5, 5.41) is 2.84. The topological polar surface area (TPSA) is 102 Å². The molecule has 1 aliphatic heterocycles. The average Bonchev–Trinajstić information content (AvgIpc) is 2.59. The summed E-state index contributed by atoms with van der Waals surface area (Å²) in [6.45, 7) is 3.80. The number of morpholine rings is 1. The van der Waals surface area contributed by atoms with Gasteiger partial charge in [-0.25, -0.2) is 8.42 Å². The standard InChI is InChI=1S/C17H27N3O4S.ClH/c1-14(18)6-7-17(21)19-12-15-4-2-3-5-16(15)13-25(22,23)20-8-10-24-11-9-20;/h2-5,14H,6-13,18H2,1H3,(H,19,21);1H. The molecule has 2 rings (SSSR count). The van der Waals surface area contributed by atoms with Crippen molar-refractivity contribution >= 4 is 28.3 Å². The zero-order valence-electron chi connectivity index (χ0n) is 15.0. The Labute approximate surface area is 161 Å². The van der Waals surface area contributed by atoms with E-state index in [4.69, 9.17) is 10.5 Å². The van der Waals surface area contributed by atoms with E-state index in [2.05, 4.69) is 5.32 Å². The Morgan fingerprint density at radius 1 is 1.27 bits per heavy atom. The number of sulfonamides is 1. The molecule has 1 unspecified atom stereocenters. The molecule has 0 spiro atoms. The van der Waals surface area contributed by atoms with E-state index in [0.29, 0.717) is 51.3 Å². The Kier molecular flexibility index (Phi) is 9.52. The van der Waals surface area contributed by atoms with E-state index in [0.717, 1.165) is 5.56 Å². The summed E-state index contributed by atoms with van der Waals surface area (Å²) in [5.74, 6) is -0.151. The van der Waals surface area contributed by atoms with Crippen LogP contribution < -0.4 is 11.1 Å². The second-order valence-corrected chi connectivity index (χ2v) is 8.30. The molecular weight excluding hydrogens is 378 g/mol. The van der Waals surface area contributed by atoms with Gasteiger partial charge in [-0.2, -0.15) is 4.31 Å². The largest absolute Gasteiger partial charge is 0.379 e. The Bertz CT molecular complexity index is 676. The second kappa shape index (κ2) is 10.8. The molecule has 1 aromatic rings. The lowest BCUT2D eigenvalue weighted by atomic mass is 10.1. The zero-order valence-corrected chi connectivity index (χ0v) is 16.7. The van der Waals surface area contributed by atoms with Crippen LogP contribution in [-0.2, 0) is 31.9 Å². The summed E-state index contributed by atoms with van der Waals surface area (Å²) in [5.41, 5.74) is 7.18. The van der Waals surface area contributed by atoms with Crippen LogP contribution >= 0.6 is 12.4 Å². The molecule has 0 bridgehead atoms. The highest BCUT2D eigenvalue weighted by Gasteiger charge is 2.25. The fourth-order valence-corrected chi connectivity index (χ4v) is 4.19. The minimum absolute atomic E-state index is 0. The van der Waals surface area contributed by atoms with Crippen molar-refractivity contribution in [3.63, 3.8) is 0 Å². The first-order valence-electron chi connectivity index (χ1n) is 8.53. The van der Waals surface area contributed by atoms with Gasteiger partial charge < -0.3 is 15.8 Å². The van der Waals surface area contributed by atoms with Gasteiger partial charge in [-0.15, -0.1) is 12.4 Å². The van der Waals surface area contributed by atoms with Crippen LogP contribution in [0.4, 0.5) is 0 Å². The SMILES string of the molecule is CC(N)CCC(=O)NCc1ccccc1CS(=O)(=O)N1CCOCC1.Cl. The molecule has 1 aromatic carbocycles. The first-order valence-corrected chi connectivity index (χ1v) is 10.1. The lowest BCUT2D eigenvalue weighted by molar-refractivity contribution is -0.121. The van der Waals surface area contributed by atoms with Gasteiger partial charge in [0, 0.05) is 32.1 Å². The molecule has 1 atom stereocenters. The van der Waals surface area contributed by atoms with E-state index in [1.807, 2.05) is 25.1 Å². The molecule has 1 amide bonds. The Hall–Kier alpha value is -1.19. The quantitative estimate of drug-likeness (QED) is 0.672. The van der Waals surface area contributed by atoms with Gasteiger partial charge in [0.15, 0.2) is 0 Å². The second-order valence-electron chi connectivity index (χ2n) is 6.33. The number of rotatable bonds is 8. The van der Waals surface area contributed by atoms with Crippen molar-refractivity contribution in [3.05, 3.63) is 35.4 Å². The summed E-state index contributed by atoms with van der Waals surface area (Å²) in [6, 6.07) is 7.27. The number of nitrogens with two attached hydrogens (primary N) is 1. The van der Waals surface area contributed by atoms with Crippen LogP contribution in [-0.4, -0.2) is 51.0 Å². The molecule has 148 valence electrons. The van der Waals surface area contributed by atoms with Gasteiger partial charge in [0.05, 0.1) is 19.0 Å². The Morgan fingerprint density at radius 2 is 1.88 bits per heavy atom. The molecule has 1 aliphatic rings. The third kappa shape index (κ3) is 7.20. The minimum Gasteiger partial charge on any atom is -0.379 e. The molecule has 1 heterocycles. The summed E-state index contributed by atoms with van der Waals surface area (Å²) < 4.78 is 31.9. The normalized spacial score (nSPS) is 16.5.